The summed E-state index contributed by atoms with van der Waals surface area (Å²) in [6.45, 7) is 4.08. The Morgan fingerprint density at radius 1 is 1.29 bits per heavy atom. The average Bonchev–Trinajstić information content (AvgIpc) is 2.52. The van der Waals surface area contributed by atoms with Crippen LogP contribution in [0, 0.1) is 0 Å². The molecular weight excluding hydrogens is 276 g/mol. The quantitative estimate of drug-likeness (QED) is 0.527. The highest BCUT2D eigenvalue weighted by molar-refractivity contribution is 5.94. The van der Waals surface area contributed by atoms with E-state index in [2.05, 4.69) is 4.98 Å². The first-order valence-corrected chi connectivity index (χ1v) is 6.68. The summed E-state index contributed by atoms with van der Waals surface area (Å²) in [5.74, 6) is -1.12. The highest BCUT2D eigenvalue weighted by atomic mass is 16.7. The van der Waals surface area contributed by atoms with Crippen molar-refractivity contribution >= 4 is 11.9 Å². The lowest BCUT2D eigenvalue weighted by atomic mass is 10.2. The molecule has 0 bridgehead atoms. The molecule has 0 fully saturated rings. The van der Waals surface area contributed by atoms with Crippen molar-refractivity contribution in [2.45, 2.75) is 19.9 Å². The van der Waals surface area contributed by atoms with Crippen molar-refractivity contribution < 1.29 is 23.9 Å². The van der Waals surface area contributed by atoms with E-state index in [-0.39, 0.29) is 18.9 Å². The standard InChI is InChI=1S/C14H20N2O5/c1-4-20-10-12(14(18)21-5-2)16(19-3)13(17)11-8-6-7-9-15-11/h6-9,12H,4-5,10H2,1-3H3. The second-order valence-electron chi connectivity index (χ2n) is 3.96. The molecule has 0 aliphatic rings. The summed E-state index contributed by atoms with van der Waals surface area (Å²) in [4.78, 5) is 33.4. The number of nitrogens with zero attached hydrogens (tertiary/aromatic N) is 2. The van der Waals surface area contributed by atoms with Gasteiger partial charge in [-0.05, 0) is 26.0 Å². The molecule has 0 saturated heterocycles. The van der Waals surface area contributed by atoms with E-state index in [1.165, 1.54) is 19.4 Å². The Hall–Kier alpha value is -1.99. The average molecular weight is 296 g/mol. The summed E-state index contributed by atoms with van der Waals surface area (Å²) >= 11 is 0. The summed E-state index contributed by atoms with van der Waals surface area (Å²) < 4.78 is 10.2. The number of carbonyl (C=O) groups excluding carboxylic acids is 2. The van der Waals surface area contributed by atoms with Gasteiger partial charge in [-0.3, -0.25) is 14.6 Å². The summed E-state index contributed by atoms with van der Waals surface area (Å²) in [6, 6.07) is 3.92. The van der Waals surface area contributed by atoms with Gasteiger partial charge in [0.05, 0.1) is 20.3 Å². The van der Waals surface area contributed by atoms with Crippen LogP contribution in [-0.2, 0) is 19.1 Å². The van der Waals surface area contributed by atoms with E-state index >= 15 is 0 Å². The molecule has 1 atom stereocenters. The van der Waals surface area contributed by atoms with Gasteiger partial charge >= 0.3 is 5.97 Å². The number of hydroxylamine groups is 2. The number of aromatic nitrogens is 1. The Labute approximate surface area is 123 Å². The van der Waals surface area contributed by atoms with Gasteiger partial charge in [0.15, 0.2) is 6.04 Å². The van der Waals surface area contributed by atoms with Crippen LogP contribution in [0.2, 0.25) is 0 Å². The number of hydrogen-bond donors (Lipinski definition) is 0. The van der Waals surface area contributed by atoms with E-state index in [1.807, 2.05) is 0 Å². The minimum Gasteiger partial charge on any atom is -0.464 e. The van der Waals surface area contributed by atoms with Crippen LogP contribution in [0.3, 0.4) is 0 Å². The number of pyridine rings is 1. The zero-order valence-corrected chi connectivity index (χ0v) is 12.4. The van der Waals surface area contributed by atoms with Gasteiger partial charge < -0.3 is 9.47 Å². The van der Waals surface area contributed by atoms with E-state index in [4.69, 9.17) is 14.3 Å². The fraction of sp³-hybridized carbons (Fsp3) is 0.500. The first kappa shape index (κ1) is 17.1. The predicted molar refractivity (Wildman–Crippen MR) is 74.3 cm³/mol. The third-order valence-electron chi connectivity index (χ3n) is 2.60. The molecule has 1 aromatic heterocycles. The van der Waals surface area contributed by atoms with E-state index in [0.717, 1.165) is 5.06 Å². The molecule has 0 N–H and O–H groups in total. The third kappa shape index (κ3) is 4.80. The molecule has 7 heteroatoms. The lowest BCUT2D eigenvalue weighted by molar-refractivity contribution is -0.177. The second-order valence-corrected chi connectivity index (χ2v) is 3.96. The Kier molecular flexibility index (Phi) is 7.34. The van der Waals surface area contributed by atoms with E-state index in [9.17, 15) is 9.59 Å². The molecule has 1 heterocycles. The van der Waals surface area contributed by atoms with Crippen LogP contribution in [0.15, 0.2) is 24.4 Å². The first-order chi connectivity index (χ1) is 10.2. The maximum atomic E-state index is 12.4. The van der Waals surface area contributed by atoms with Gasteiger partial charge in [-0.2, -0.15) is 5.06 Å². The number of hydrogen-bond acceptors (Lipinski definition) is 6. The van der Waals surface area contributed by atoms with Gasteiger partial charge in [-0.15, -0.1) is 0 Å². The highest BCUT2D eigenvalue weighted by Crippen LogP contribution is 2.09. The Morgan fingerprint density at radius 3 is 2.57 bits per heavy atom. The zero-order chi connectivity index (χ0) is 15.7. The lowest BCUT2D eigenvalue weighted by Crippen LogP contribution is -2.48. The number of amides is 1. The topological polar surface area (TPSA) is 78.0 Å². The molecule has 116 valence electrons. The minimum atomic E-state index is -0.982. The molecule has 0 aliphatic heterocycles. The van der Waals surface area contributed by atoms with E-state index in [0.29, 0.717) is 6.61 Å². The molecule has 0 radical (unpaired) electrons. The fourth-order valence-electron chi connectivity index (χ4n) is 1.65. The molecule has 0 saturated carbocycles. The molecule has 0 aromatic carbocycles. The van der Waals surface area contributed by atoms with Gasteiger partial charge in [0.2, 0.25) is 0 Å². The van der Waals surface area contributed by atoms with Crippen molar-refractivity contribution in [2.75, 3.05) is 26.9 Å². The van der Waals surface area contributed by atoms with E-state index in [1.54, 1.807) is 26.0 Å². The lowest BCUT2D eigenvalue weighted by Gasteiger charge is -2.27. The molecule has 0 aliphatic carbocycles. The van der Waals surface area contributed by atoms with Crippen molar-refractivity contribution in [3.63, 3.8) is 0 Å². The summed E-state index contributed by atoms with van der Waals surface area (Å²) in [7, 11) is 1.30. The van der Waals surface area contributed by atoms with Crippen LogP contribution in [0.1, 0.15) is 24.3 Å². The van der Waals surface area contributed by atoms with Gasteiger partial charge in [-0.25, -0.2) is 4.79 Å². The van der Waals surface area contributed by atoms with Crippen molar-refractivity contribution in [1.82, 2.24) is 10.0 Å². The van der Waals surface area contributed by atoms with Crippen molar-refractivity contribution in [3.8, 4) is 0 Å². The van der Waals surface area contributed by atoms with Gasteiger partial charge in [0.1, 0.15) is 5.69 Å². The Bertz CT molecular complexity index is 452. The molecule has 1 rings (SSSR count). The largest absolute Gasteiger partial charge is 0.464 e. The van der Waals surface area contributed by atoms with Crippen molar-refractivity contribution in [3.05, 3.63) is 30.1 Å². The summed E-state index contributed by atoms with van der Waals surface area (Å²) in [5, 5.41) is 0.927. The molecular formula is C14H20N2O5. The van der Waals surface area contributed by atoms with Gasteiger partial charge in [0, 0.05) is 12.8 Å². The second kappa shape index (κ2) is 9.04. The maximum absolute atomic E-state index is 12.4. The predicted octanol–water partition coefficient (Wildman–Crippen LogP) is 1.05. The van der Waals surface area contributed by atoms with Crippen LogP contribution in [0.25, 0.3) is 0 Å². The number of rotatable bonds is 8. The normalized spacial score (nSPS) is 11.8. The molecule has 1 unspecified atom stereocenters. The van der Waals surface area contributed by atoms with Crippen LogP contribution in [0.4, 0.5) is 0 Å². The van der Waals surface area contributed by atoms with E-state index < -0.39 is 17.9 Å². The fourth-order valence-corrected chi connectivity index (χ4v) is 1.65. The summed E-state index contributed by atoms with van der Waals surface area (Å²) in [5.41, 5.74) is 0.171. The molecule has 1 aromatic rings. The first-order valence-electron chi connectivity index (χ1n) is 6.68. The van der Waals surface area contributed by atoms with Crippen molar-refractivity contribution in [2.24, 2.45) is 0 Å². The Balaban J connectivity index is 2.94. The number of carbonyl (C=O) groups is 2. The van der Waals surface area contributed by atoms with Gasteiger partial charge in [0.25, 0.3) is 5.91 Å². The molecule has 21 heavy (non-hydrogen) atoms. The van der Waals surface area contributed by atoms with Crippen LogP contribution < -0.4 is 0 Å². The highest BCUT2D eigenvalue weighted by Gasteiger charge is 2.33. The SMILES string of the molecule is CCOCC(C(=O)OCC)N(OC)C(=O)c1ccccn1. The smallest absolute Gasteiger partial charge is 0.333 e. The monoisotopic (exact) mass is 296 g/mol. The maximum Gasteiger partial charge on any atom is 0.333 e. The van der Waals surface area contributed by atoms with Gasteiger partial charge in [-0.1, -0.05) is 6.07 Å². The van der Waals surface area contributed by atoms with Crippen LogP contribution in [-0.4, -0.2) is 54.9 Å². The third-order valence-corrected chi connectivity index (χ3v) is 2.60. The molecule has 1 amide bonds. The molecule has 0 spiro atoms. The summed E-state index contributed by atoms with van der Waals surface area (Å²) in [6.07, 6.45) is 1.49. The van der Waals surface area contributed by atoms with Crippen LogP contribution >= 0.6 is 0 Å². The zero-order valence-electron chi connectivity index (χ0n) is 12.4. The van der Waals surface area contributed by atoms with Crippen LogP contribution in [0.5, 0.6) is 0 Å². The number of ether oxygens (including phenoxy) is 2. The minimum absolute atomic E-state index is 0.0122. The van der Waals surface area contributed by atoms with Crippen molar-refractivity contribution in [1.29, 1.82) is 0 Å². The Morgan fingerprint density at radius 2 is 2.05 bits per heavy atom. The molecule has 7 nitrogen and oxygen atoms in total. The number of esters is 1.